The third-order valence-corrected chi connectivity index (χ3v) is 3.26. The van der Waals surface area contributed by atoms with Crippen LogP contribution in [0, 0.1) is 0 Å². The van der Waals surface area contributed by atoms with Crippen molar-refractivity contribution in [2.75, 3.05) is 6.54 Å². The molecule has 1 fully saturated rings. The lowest BCUT2D eigenvalue weighted by molar-refractivity contribution is -0.197. The Bertz CT molecular complexity index is 226. The quantitative estimate of drug-likeness (QED) is 0.636. The van der Waals surface area contributed by atoms with Gasteiger partial charge in [0.25, 0.3) is 0 Å². The molecule has 5 nitrogen and oxygen atoms in total. The molecule has 0 spiro atoms. The Morgan fingerprint density at radius 3 is 2.19 bits per heavy atom. The first-order chi connectivity index (χ1) is 7.54. The average molecular weight is 230 g/mol. The molecule has 0 aromatic rings. The second-order valence-corrected chi connectivity index (χ2v) is 4.69. The van der Waals surface area contributed by atoms with Gasteiger partial charge in [-0.15, -0.1) is 5.06 Å². The van der Waals surface area contributed by atoms with Crippen LogP contribution in [-0.4, -0.2) is 22.9 Å². The molecule has 2 unspecified atom stereocenters. The van der Waals surface area contributed by atoms with E-state index in [0.717, 1.165) is 38.6 Å². The highest BCUT2D eigenvalue weighted by Crippen LogP contribution is 2.33. The Balaban J connectivity index is 2.86. The minimum atomic E-state index is -0.646. The summed E-state index contributed by atoms with van der Waals surface area (Å²) in [6.45, 7) is 7.12. The van der Waals surface area contributed by atoms with Gasteiger partial charge in [0.2, 0.25) is 0 Å². The first-order valence-electron chi connectivity index (χ1n) is 6.33. The number of hydrogen-bond donors (Lipinski definition) is 3. The van der Waals surface area contributed by atoms with Crippen LogP contribution in [0.5, 0.6) is 0 Å². The molecular weight excluding hydrogens is 204 g/mol. The van der Waals surface area contributed by atoms with Crippen molar-refractivity contribution in [2.45, 2.75) is 64.2 Å². The molecule has 0 saturated carbocycles. The Hall–Kier alpha value is -0.200. The van der Waals surface area contributed by atoms with E-state index in [0.29, 0.717) is 0 Å². The maximum absolute atomic E-state index is 6.48. The molecule has 0 radical (unpaired) electrons. The minimum Gasteiger partial charge on any atom is -0.309 e. The van der Waals surface area contributed by atoms with Crippen molar-refractivity contribution in [3.63, 3.8) is 0 Å². The topological polar surface area (TPSA) is 76.5 Å². The van der Waals surface area contributed by atoms with Crippen LogP contribution in [0.2, 0.25) is 0 Å². The molecule has 1 rings (SSSR count). The molecule has 0 aromatic heterocycles. The molecule has 0 aromatic carbocycles. The van der Waals surface area contributed by atoms with E-state index in [2.05, 4.69) is 26.3 Å². The summed E-state index contributed by atoms with van der Waals surface area (Å²) in [4.78, 5) is 5.46. The number of nitrogens with two attached hydrogens (primary N) is 2. The number of nitrogens with zero attached hydrogens (tertiary/aromatic N) is 1. The highest BCUT2D eigenvalue weighted by Gasteiger charge is 2.55. The average Bonchev–Trinajstić information content (AvgIpc) is 2.45. The Kier molecular flexibility index (Phi) is 4.70. The lowest BCUT2D eigenvalue weighted by Crippen LogP contribution is -2.71. The summed E-state index contributed by atoms with van der Waals surface area (Å²) < 4.78 is 0. The van der Waals surface area contributed by atoms with E-state index in [4.69, 9.17) is 16.4 Å². The highest BCUT2D eigenvalue weighted by molar-refractivity contribution is 5.03. The van der Waals surface area contributed by atoms with Crippen molar-refractivity contribution in [2.24, 2.45) is 11.5 Å². The number of hydrogen-bond acceptors (Lipinski definition) is 5. The summed E-state index contributed by atoms with van der Waals surface area (Å²) in [5, 5.41) is 1.81. The molecule has 2 atom stereocenters. The molecule has 1 aliphatic heterocycles. The predicted molar refractivity (Wildman–Crippen MR) is 64.9 cm³/mol. The fourth-order valence-corrected chi connectivity index (χ4v) is 2.37. The molecule has 1 aliphatic rings. The fraction of sp³-hybridized carbons (Fsp3) is 1.00. The molecule has 0 amide bonds. The van der Waals surface area contributed by atoms with Crippen LogP contribution in [0.4, 0.5) is 0 Å². The van der Waals surface area contributed by atoms with Crippen molar-refractivity contribution in [1.82, 2.24) is 10.5 Å². The van der Waals surface area contributed by atoms with Crippen LogP contribution >= 0.6 is 0 Å². The summed E-state index contributed by atoms with van der Waals surface area (Å²) in [7, 11) is 0. The summed E-state index contributed by atoms with van der Waals surface area (Å²) >= 11 is 0. The zero-order valence-electron chi connectivity index (χ0n) is 10.8. The van der Waals surface area contributed by atoms with E-state index < -0.39 is 11.3 Å². The lowest BCUT2D eigenvalue weighted by Gasteiger charge is -2.41. The van der Waals surface area contributed by atoms with Crippen molar-refractivity contribution in [3.05, 3.63) is 0 Å². The fourth-order valence-electron chi connectivity index (χ4n) is 2.37. The van der Waals surface area contributed by atoms with Crippen molar-refractivity contribution in [1.29, 1.82) is 0 Å². The third kappa shape index (κ3) is 2.24. The third-order valence-electron chi connectivity index (χ3n) is 3.26. The largest absolute Gasteiger partial charge is 0.309 e. The highest BCUT2D eigenvalue weighted by atomic mass is 16.8. The second kappa shape index (κ2) is 5.42. The summed E-state index contributed by atoms with van der Waals surface area (Å²) in [6.07, 6.45) is 4.60. The Morgan fingerprint density at radius 1 is 1.06 bits per heavy atom. The van der Waals surface area contributed by atoms with Gasteiger partial charge in [0, 0.05) is 6.54 Å². The van der Waals surface area contributed by atoms with E-state index >= 15 is 0 Å². The van der Waals surface area contributed by atoms with Gasteiger partial charge in [-0.2, -0.15) is 5.48 Å². The molecule has 5 heteroatoms. The van der Waals surface area contributed by atoms with Gasteiger partial charge in [0.1, 0.15) is 11.3 Å². The van der Waals surface area contributed by atoms with Crippen molar-refractivity contribution >= 4 is 0 Å². The maximum atomic E-state index is 6.48. The van der Waals surface area contributed by atoms with E-state index in [1.165, 1.54) is 0 Å². The lowest BCUT2D eigenvalue weighted by atomic mass is 9.86. The van der Waals surface area contributed by atoms with Gasteiger partial charge in [0.05, 0.1) is 0 Å². The Labute approximate surface area is 98.4 Å². The Morgan fingerprint density at radius 2 is 1.69 bits per heavy atom. The molecule has 5 N–H and O–H groups in total. The zero-order chi connectivity index (χ0) is 12.2. The summed E-state index contributed by atoms with van der Waals surface area (Å²) in [5.74, 6) is 0. The van der Waals surface area contributed by atoms with Gasteiger partial charge in [0.15, 0.2) is 0 Å². The van der Waals surface area contributed by atoms with E-state index in [9.17, 15) is 0 Å². The van der Waals surface area contributed by atoms with Crippen molar-refractivity contribution < 1.29 is 4.94 Å². The molecule has 16 heavy (non-hydrogen) atoms. The first-order valence-corrected chi connectivity index (χ1v) is 6.33. The standard InChI is InChI=1S/C11H26N4O/c1-4-7-10(12)11(13,8-5-2)15(9-6-3)16-14-10/h14H,4-9,12-13H2,1-3H3. The van der Waals surface area contributed by atoms with Crippen LogP contribution < -0.4 is 16.9 Å². The second-order valence-electron chi connectivity index (χ2n) is 4.69. The number of rotatable bonds is 6. The van der Waals surface area contributed by atoms with Gasteiger partial charge in [-0.3, -0.25) is 0 Å². The molecule has 0 aliphatic carbocycles. The van der Waals surface area contributed by atoms with Gasteiger partial charge in [-0.25, -0.2) is 4.94 Å². The minimum absolute atomic E-state index is 0.603. The predicted octanol–water partition coefficient (Wildman–Crippen LogP) is 1.06. The maximum Gasteiger partial charge on any atom is 0.128 e. The monoisotopic (exact) mass is 230 g/mol. The van der Waals surface area contributed by atoms with E-state index in [-0.39, 0.29) is 0 Å². The molecule has 96 valence electrons. The number of nitrogens with one attached hydrogen (secondary N) is 1. The van der Waals surface area contributed by atoms with Gasteiger partial charge < -0.3 is 11.5 Å². The molecular formula is C11H26N4O. The summed E-state index contributed by atoms with van der Waals surface area (Å²) in [6, 6.07) is 0. The van der Waals surface area contributed by atoms with Gasteiger partial charge in [-0.05, 0) is 19.3 Å². The smallest absolute Gasteiger partial charge is 0.128 e. The molecule has 1 heterocycles. The van der Waals surface area contributed by atoms with E-state index in [1.54, 1.807) is 0 Å². The van der Waals surface area contributed by atoms with Crippen LogP contribution in [0.15, 0.2) is 0 Å². The van der Waals surface area contributed by atoms with Gasteiger partial charge in [-0.1, -0.05) is 33.6 Å². The first kappa shape index (κ1) is 13.9. The normalized spacial score (nSPS) is 35.8. The molecule has 1 saturated heterocycles. The van der Waals surface area contributed by atoms with Crippen LogP contribution in [-0.2, 0) is 4.94 Å². The summed E-state index contributed by atoms with van der Waals surface area (Å²) in [5.41, 5.74) is 14.5. The van der Waals surface area contributed by atoms with Gasteiger partial charge >= 0.3 is 0 Å². The number of hydroxylamine groups is 3. The van der Waals surface area contributed by atoms with Crippen LogP contribution in [0.3, 0.4) is 0 Å². The van der Waals surface area contributed by atoms with E-state index in [1.807, 2.05) is 5.06 Å². The van der Waals surface area contributed by atoms with Crippen LogP contribution in [0.25, 0.3) is 0 Å². The SMILES string of the molecule is CCCN1ONC(N)(CCC)C1(N)CCC. The molecule has 0 bridgehead atoms. The zero-order valence-corrected chi connectivity index (χ0v) is 10.8. The van der Waals surface area contributed by atoms with Crippen molar-refractivity contribution in [3.8, 4) is 0 Å². The van der Waals surface area contributed by atoms with Crippen LogP contribution in [0.1, 0.15) is 52.9 Å².